The normalized spacial score (nSPS) is 11.2. The third-order valence-corrected chi connectivity index (χ3v) is 2.88. The van der Waals surface area contributed by atoms with E-state index < -0.39 is 5.82 Å². The van der Waals surface area contributed by atoms with Gasteiger partial charge in [-0.2, -0.15) is 0 Å². The molecule has 0 bridgehead atoms. The molecule has 0 aliphatic carbocycles. The van der Waals surface area contributed by atoms with Crippen molar-refractivity contribution in [3.05, 3.63) is 29.8 Å². The van der Waals surface area contributed by atoms with Crippen LogP contribution < -0.4 is 0 Å². The summed E-state index contributed by atoms with van der Waals surface area (Å²) >= 11 is 0. The standard InChI is InChI=1S/C14H21FN2O/c1-4-8-17(11(2)3)9-7-14(18)13-6-5-12(15)10-16-13/h5-6,10-11H,4,7-9H2,1-3H3. The van der Waals surface area contributed by atoms with Crippen LogP contribution in [0.15, 0.2) is 18.3 Å². The predicted molar refractivity (Wildman–Crippen MR) is 70.1 cm³/mol. The first-order chi connectivity index (χ1) is 8.54. The van der Waals surface area contributed by atoms with E-state index in [1.165, 1.54) is 12.1 Å². The number of halogens is 1. The highest BCUT2D eigenvalue weighted by atomic mass is 19.1. The van der Waals surface area contributed by atoms with E-state index in [-0.39, 0.29) is 5.78 Å². The smallest absolute Gasteiger partial charge is 0.182 e. The zero-order valence-electron chi connectivity index (χ0n) is 11.3. The number of Topliss-reactive ketones (excluding diaryl/α,β-unsaturated/α-hetero) is 1. The summed E-state index contributed by atoms with van der Waals surface area (Å²) in [6, 6.07) is 3.14. The number of nitrogens with zero attached hydrogens (tertiary/aromatic N) is 2. The van der Waals surface area contributed by atoms with Crippen molar-refractivity contribution in [3.8, 4) is 0 Å². The molecule has 0 saturated heterocycles. The Kier molecular flexibility index (Phi) is 5.92. The Morgan fingerprint density at radius 3 is 2.61 bits per heavy atom. The average Bonchev–Trinajstić information content (AvgIpc) is 2.34. The molecular formula is C14H21FN2O. The number of aromatic nitrogens is 1. The Morgan fingerprint density at radius 2 is 2.11 bits per heavy atom. The van der Waals surface area contributed by atoms with E-state index in [2.05, 4.69) is 30.7 Å². The third kappa shape index (κ3) is 4.53. The number of pyridine rings is 1. The minimum atomic E-state index is -0.415. The van der Waals surface area contributed by atoms with Crippen LogP contribution in [-0.4, -0.2) is 34.8 Å². The van der Waals surface area contributed by atoms with Crippen LogP contribution in [0.5, 0.6) is 0 Å². The van der Waals surface area contributed by atoms with Crippen LogP contribution in [0.25, 0.3) is 0 Å². The van der Waals surface area contributed by atoms with E-state index in [9.17, 15) is 9.18 Å². The number of hydrogen-bond donors (Lipinski definition) is 0. The maximum absolute atomic E-state index is 12.7. The van der Waals surface area contributed by atoms with Crippen molar-refractivity contribution in [3.63, 3.8) is 0 Å². The van der Waals surface area contributed by atoms with Crippen LogP contribution in [0.1, 0.15) is 44.1 Å². The average molecular weight is 252 g/mol. The van der Waals surface area contributed by atoms with Gasteiger partial charge in [-0.05, 0) is 38.9 Å². The monoisotopic (exact) mass is 252 g/mol. The van der Waals surface area contributed by atoms with Crippen molar-refractivity contribution in [1.29, 1.82) is 0 Å². The molecule has 0 unspecified atom stereocenters. The largest absolute Gasteiger partial charge is 0.300 e. The van der Waals surface area contributed by atoms with Gasteiger partial charge in [0.05, 0.1) is 6.20 Å². The van der Waals surface area contributed by atoms with Gasteiger partial charge in [-0.1, -0.05) is 6.92 Å². The maximum Gasteiger partial charge on any atom is 0.182 e. The molecule has 0 saturated carbocycles. The molecule has 100 valence electrons. The van der Waals surface area contributed by atoms with Gasteiger partial charge in [0.15, 0.2) is 5.78 Å². The molecule has 1 aromatic heterocycles. The zero-order chi connectivity index (χ0) is 13.5. The van der Waals surface area contributed by atoms with Gasteiger partial charge in [-0.25, -0.2) is 4.39 Å². The first-order valence-electron chi connectivity index (χ1n) is 6.43. The lowest BCUT2D eigenvalue weighted by Crippen LogP contribution is -2.33. The van der Waals surface area contributed by atoms with Crippen LogP contribution in [0, 0.1) is 5.82 Å². The highest BCUT2D eigenvalue weighted by Gasteiger charge is 2.12. The van der Waals surface area contributed by atoms with Gasteiger partial charge in [0.2, 0.25) is 0 Å². The summed E-state index contributed by atoms with van der Waals surface area (Å²) in [5, 5.41) is 0. The highest BCUT2D eigenvalue weighted by Crippen LogP contribution is 2.06. The molecule has 0 amide bonds. The topological polar surface area (TPSA) is 33.2 Å². The number of carbonyl (C=O) groups excluding carboxylic acids is 1. The lowest BCUT2D eigenvalue weighted by Gasteiger charge is -2.25. The van der Waals surface area contributed by atoms with Crippen molar-refractivity contribution in [2.75, 3.05) is 13.1 Å². The van der Waals surface area contributed by atoms with Gasteiger partial charge in [0.25, 0.3) is 0 Å². The fourth-order valence-corrected chi connectivity index (χ4v) is 1.83. The minimum Gasteiger partial charge on any atom is -0.300 e. The fraction of sp³-hybridized carbons (Fsp3) is 0.571. The molecule has 0 aliphatic rings. The van der Waals surface area contributed by atoms with Crippen LogP contribution in [0.2, 0.25) is 0 Å². The number of rotatable bonds is 7. The van der Waals surface area contributed by atoms with Gasteiger partial charge in [0, 0.05) is 19.0 Å². The van der Waals surface area contributed by atoms with E-state index in [4.69, 9.17) is 0 Å². The second kappa shape index (κ2) is 7.21. The number of carbonyl (C=O) groups is 1. The van der Waals surface area contributed by atoms with E-state index >= 15 is 0 Å². The second-order valence-corrected chi connectivity index (χ2v) is 4.66. The molecule has 1 rings (SSSR count). The minimum absolute atomic E-state index is 0.0308. The van der Waals surface area contributed by atoms with E-state index in [0.29, 0.717) is 18.2 Å². The van der Waals surface area contributed by atoms with Gasteiger partial charge < -0.3 is 4.90 Å². The summed E-state index contributed by atoms with van der Waals surface area (Å²) in [5.41, 5.74) is 0.344. The number of hydrogen-bond acceptors (Lipinski definition) is 3. The Labute approximate surface area is 108 Å². The molecule has 4 heteroatoms. The van der Waals surface area contributed by atoms with Crippen LogP contribution in [0.3, 0.4) is 0 Å². The van der Waals surface area contributed by atoms with Crippen molar-refractivity contribution in [1.82, 2.24) is 9.88 Å². The van der Waals surface area contributed by atoms with Crippen molar-refractivity contribution < 1.29 is 9.18 Å². The Morgan fingerprint density at radius 1 is 1.39 bits per heavy atom. The van der Waals surface area contributed by atoms with Crippen LogP contribution in [-0.2, 0) is 0 Å². The molecule has 0 fully saturated rings. The predicted octanol–water partition coefficient (Wildman–Crippen LogP) is 2.91. The Balaban J connectivity index is 2.51. The summed E-state index contributed by atoms with van der Waals surface area (Å²) in [6.45, 7) is 8.08. The molecule has 1 heterocycles. The van der Waals surface area contributed by atoms with Crippen molar-refractivity contribution >= 4 is 5.78 Å². The Bertz CT molecular complexity index is 376. The fourth-order valence-electron chi connectivity index (χ4n) is 1.83. The molecule has 3 nitrogen and oxygen atoms in total. The molecule has 0 aromatic carbocycles. The van der Waals surface area contributed by atoms with Crippen molar-refractivity contribution in [2.24, 2.45) is 0 Å². The first-order valence-corrected chi connectivity index (χ1v) is 6.43. The van der Waals surface area contributed by atoms with E-state index in [1.54, 1.807) is 0 Å². The molecule has 0 atom stereocenters. The third-order valence-electron chi connectivity index (χ3n) is 2.88. The lowest BCUT2D eigenvalue weighted by atomic mass is 10.1. The summed E-state index contributed by atoms with van der Waals surface area (Å²) in [6.07, 6.45) is 2.58. The lowest BCUT2D eigenvalue weighted by molar-refractivity contribution is 0.0951. The van der Waals surface area contributed by atoms with Crippen LogP contribution in [0.4, 0.5) is 4.39 Å². The SMILES string of the molecule is CCCN(CCC(=O)c1ccc(F)cn1)C(C)C. The van der Waals surface area contributed by atoms with Crippen LogP contribution >= 0.6 is 0 Å². The molecule has 18 heavy (non-hydrogen) atoms. The van der Waals surface area contributed by atoms with Gasteiger partial charge in [0.1, 0.15) is 11.5 Å². The first kappa shape index (κ1) is 14.8. The second-order valence-electron chi connectivity index (χ2n) is 4.66. The van der Waals surface area contributed by atoms with Gasteiger partial charge >= 0.3 is 0 Å². The van der Waals surface area contributed by atoms with Gasteiger partial charge in [-0.3, -0.25) is 9.78 Å². The molecule has 0 spiro atoms. The Hall–Kier alpha value is -1.29. The number of ketones is 1. The maximum atomic E-state index is 12.7. The quantitative estimate of drug-likeness (QED) is 0.700. The summed E-state index contributed by atoms with van der Waals surface area (Å²) in [5.74, 6) is -0.446. The molecule has 0 N–H and O–H groups in total. The molecule has 0 aliphatic heterocycles. The highest BCUT2D eigenvalue weighted by molar-refractivity contribution is 5.94. The molecular weight excluding hydrogens is 231 g/mol. The summed E-state index contributed by atoms with van der Waals surface area (Å²) in [7, 11) is 0. The molecule has 0 radical (unpaired) electrons. The van der Waals surface area contributed by atoms with E-state index in [0.717, 1.165) is 25.7 Å². The van der Waals surface area contributed by atoms with Crippen molar-refractivity contribution in [2.45, 2.75) is 39.7 Å². The zero-order valence-corrected chi connectivity index (χ0v) is 11.3. The summed E-state index contributed by atoms with van der Waals surface area (Å²) in [4.78, 5) is 17.9. The summed E-state index contributed by atoms with van der Waals surface area (Å²) < 4.78 is 12.7. The molecule has 1 aromatic rings. The van der Waals surface area contributed by atoms with E-state index in [1.807, 2.05) is 0 Å². The van der Waals surface area contributed by atoms with Gasteiger partial charge in [-0.15, -0.1) is 0 Å².